The van der Waals surface area contributed by atoms with Gasteiger partial charge >= 0.3 is 17.9 Å². The summed E-state index contributed by atoms with van der Waals surface area (Å²) in [6.45, 7) is 10.2. The van der Waals surface area contributed by atoms with Crippen LogP contribution in [-0.2, 0) is 28.7 Å². The summed E-state index contributed by atoms with van der Waals surface area (Å²) in [6, 6.07) is 26.6. The Bertz CT molecular complexity index is 4200. The van der Waals surface area contributed by atoms with Gasteiger partial charge in [-0.2, -0.15) is 0 Å². The molecule has 0 bridgehead atoms. The van der Waals surface area contributed by atoms with Crippen LogP contribution in [0.4, 0.5) is 17.5 Å². The van der Waals surface area contributed by atoms with Crippen molar-refractivity contribution in [1.82, 2.24) is 49.8 Å². The van der Waals surface area contributed by atoms with Crippen LogP contribution in [0.5, 0.6) is 0 Å². The number of ether oxygens (including phenoxy) is 2. The summed E-state index contributed by atoms with van der Waals surface area (Å²) in [4.78, 5) is 78.8. The summed E-state index contributed by atoms with van der Waals surface area (Å²) in [6.07, 6.45) is 16.4. The lowest BCUT2D eigenvalue weighted by atomic mass is 9.97. The number of benzene rings is 4. The molecule has 0 spiro atoms. The van der Waals surface area contributed by atoms with E-state index in [4.69, 9.17) is 34.4 Å². The summed E-state index contributed by atoms with van der Waals surface area (Å²) in [5, 5.41) is 43.5. The topological polar surface area (TPSA) is 286 Å². The highest BCUT2D eigenvalue weighted by Gasteiger charge is 2.27. The van der Waals surface area contributed by atoms with Gasteiger partial charge in [0.1, 0.15) is 34.0 Å². The maximum Gasteiger partial charge on any atom is 0.335 e. The van der Waals surface area contributed by atoms with E-state index in [1.807, 2.05) is 43.7 Å². The van der Waals surface area contributed by atoms with E-state index in [0.29, 0.717) is 65.4 Å². The molecule has 1 saturated heterocycles. The zero-order valence-electron chi connectivity index (χ0n) is 48.7. The van der Waals surface area contributed by atoms with E-state index >= 15 is 0 Å². The molecule has 0 amide bonds. The zero-order valence-corrected chi connectivity index (χ0v) is 48.7. The molecular weight excluding hydrogens is 1100 g/mol. The number of aromatic carboxylic acids is 3. The van der Waals surface area contributed by atoms with Gasteiger partial charge in [0.15, 0.2) is 17.5 Å². The number of carbonyl (C=O) groups is 3. The summed E-state index contributed by atoms with van der Waals surface area (Å²) < 4.78 is 10.8. The molecular formula is C66H69N13O8. The monoisotopic (exact) mass is 1170 g/mol. The molecule has 6 N–H and O–H groups in total. The van der Waals surface area contributed by atoms with Crippen LogP contribution in [0.15, 0.2) is 104 Å². The smallest absolute Gasteiger partial charge is 0.335 e. The largest absolute Gasteiger partial charge is 0.478 e. The normalized spacial score (nSPS) is 15.4. The van der Waals surface area contributed by atoms with Gasteiger partial charge in [0.05, 0.1) is 46.5 Å². The molecule has 4 aliphatic rings. The fourth-order valence-electron chi connectivity index (χ4n) is 10.7. The molecule has 21 nitrogen and oxygen atoms in total. The van der Waals surface area contributed by atoms with Crippen LogP contribution in [0.25, 0.3) is 65.4 Å². The number of nitrogens with one attached hydrogen (secondary N) is 3. The molecule has 446 valence electrons. The molecule has 3 saturated carbocycles. The average Bonchev–Trinajstić information content (AvgIpc) is 2.12. The van der Waals surface area contributed by atoms with E-state index in [0.717, 1.165) is 176 Å². The van der Waals surface area contributed by atoms with Gasteiger partial charge in [-0.1, -0.05) is 55.5 Å². The fourth-order valence-corrected chi connectivity index (χ4v) is 10.7. The molecule has 1 unspecified atom stereocenters. The molecule has 7 heterocycles. The number of carboxylic acid groups (broad SMARTS) is 3. The Morgan fingerprint density at radius 2 is 0.966 bits per heavy atom. The van der Waals surface area contributed by atoms with Gasteiger partial charge in [0, 0.05) is 115 Å². The van der Waals surface area contributed by atoms with E-state index in [-0.39, 0.29) is 16.7 Å². The molecule has 10 aromatic rings. The minimum atomic E-state index is -0.962. The third-order valence-electron chi connectivity index (χ3n) is 16.0. The number of carboxylic acids is 3. The Hall–Kier alpha value is -9.18. The Labute approximate surface area is 501 Å². The van der Waals surface area contributed by atoms with Crippen molar-refractivity contribution in [3.05, 3.63) is 143 Å². The summed E-state index contributed by atoms with van der Waals surface area (Å²) in [7, 11) is 0. The maximum atomic E-state index is 11.4. The standard InChI is InChI=1S/C24H22N4O2.C22H25N5O3.C20H22N4O3/c1-14(15-5-3-2-4-6-15)11-21-25-13-19-18-10-7-16(24(29)30)12-20(18)27-23(22(19)28-21)26-17-8-9-17;28-22(29)14-3-6-16-17-13-23-19(2-1-7-27-8-10-30-11-9-27)26-20(17)21(24-15-4-5-15)25-18(16)12-14;1-2-27-9-3-4-17-21-11-15-14-8-5-12(20(25)26)10-16(14)23-19(18(15)24-17)22-13-6-7-13/h2-7,10,12-14,17H,8-9,11H2,1H3,(H,26,27)(H,29,30);3,6,12-13,15H,1-2,4-5,7-11H2,(H,24,25)(H,28,29);5,8,10-11,13H,2-4,6-7,9H2,1H3,(H,22,23)(H,25,26). The van der Waals surface area contributed by atoms with E-state index in [9.17, 15) is 29.7 Å². The highest BCUT2D eigenvalue weighted by molar-refractivity contribution is 6.12. The number of morpholine rings is 1. The molecule has 1 atom stereocenters. The van der Waals surface area contributed by atoms with E-state index in [1.54, 1.807) is 54.6 Å². The number of fused-ring (bicyclic) bond motifs is 9. The molecule has 87 heavy (non-hydrogen) atoms. The van der Waals surface area contributed by atoms with Crippen LogP contribution >= 0.6 is 0 Å². The lowest BCUT2D eigenvalue weighted by molar-refractivity contribution is 0.0374. The molecule has 14 rings (SSSR count). The van der Waals surface area contributed by atoms with Crippen molar-refractivity contribution < 1.29 is 39.2 Å². The summed E-state index contributed by atoms with van der Waals surface area (Å²) >= 11 is 0. The van der Waals surface area contributed by atoms with Crippen LogP contribution in [0.3, 0.4) is 0 Å². The van der Waals surface area contributed by atoms with Gasteiger partial charge in [0.2, 0.25) is 0 Å². The van der Waals surface area contributed by atoms with Crippen LogP contribution in [-0.4, -0.2) is 147 Å². The molecule has 4 aromatic carbocycles. The second kappa shape index (κ2) is 26.2. The zero-order chi connectivity index (χ0) is 60.0. The first-order valence-electron chi connectivity index (χ1n) is 30.1. The Balaban J connectivity index is 0.000000128. The number of nitrogens with zero attached hydrogens (tertiary/aromatic N) is 10. The number of anilines is 3. The van der Waals surface area contributed by atoms with E-state index in [2.05, 4.69) is 59.8 Å². The number of aromatic nitrogens is 9. The highest BCUT2D eigenvalue weighted by Crippen LogP contribution is 2.36. The predicted molar refractivity (Wildman–Crippen MR) is 334 cm³/mol. The second-order valence-electron chi connectivity index (χ2n) is 22.8. The molecule has 21 heteroatoms. The van der Waals surface area contributed by atoms with Crippen LogP contribution in [0, 0.1) is 0 Å². The molecule has 3 aliphatic carbocycles. The number of hydrogen-bond acceptors (Lipinski definition) is 18. The summed E-state index contributed by atoms with van der Waals surface area (Å²) in [5.74, 6) is 1.92. The minimum absolute atomic E-state index is 0.222. The Morgan fingerprint density at radius 1 is 0.552 bits per heavy atom. The predicted octanol–water partition coefficient (Wildman–Crippen LogP) is 10.9. The molecule has 4 fully saturated rings. The summed E-state index contributed by atoms with van der Waals surface area (Å²) in [5.41, 5.74) is 6.26. The molecule has 6 aromatic heterocycles. The second-order valence-corrected chi connectivity index (χ2v) is 22.8. The van der Waals surface area contributed by atoms with Crippen molar-refractivity contribution in [2.24, 2.45) is 0 Å². The van der Waals surface area contributed by atoms with Gasteiger partial charge in [-0.3, -0.25) is 4.90 Å². The number of hydrogen-bond donors (Lipinski definition) is 6. The minimum Gasteiger partial charge on any atom is -0.478 e. The van der Waals surface area contributed by atoms with Crippen molar-refractivity contribution in [1.29, 1.82) is 0 Å². The number of rotatable bonds is 21. The van der Waals surface area contributed by atoms with E-state index in [1.165, 1.54) is 5.56 Å². The SMILES string of the molecule is CC(Cc1ncc2c(n1)c(NC1CC1)nc1cc(C(=O)O)ccc12)c1ccccc1.CCOCCCc1ncc2c(n1)c(NC1CC1)nc1cc(C(=O)O)ccc12.O=C(O)c1ccc2c(c1)nc(NC1CC1)c1nc(CCCN3CCOCC3)ncc12. The van der Waals surface area contributed by atoms with Crippen LogP contribution in [0.2, 0.25) is 0 Å². The van der Waals surface area contributed by atoms with Crippen molar-refractivity contribution in [2.45, 2.75) is 109 Å². The van der Waals surface area contributed by atoms with Gasteiger partial charge in [0.25, 0.3) is 0 Å². The van der Waals surface area contributed by atoms with Crippen molar-refractivity contribution >= 4 is 101 Å². The van der Waals surface area contributed by atoms with Gasteiger partial charge < -0.3 is 40.7 Å². The van der Waals surface area contributed by atoms with E-state index < -0.39 is 17.9 Å². The number of aryl methyl sites for hydroxylation is 2. The quantitative estimate of drug-likeness (QED) is 0.0288. The van der Waals surface area contributed by atoms with Crippen LogP contribution < -0.4 is 16.0 Å². The van der Waals surface area contributed by atoms with Crippen molar-refractivity contribution in [3.8, 4) is 0 Å². The lowest BCUT2D eigenvalue weighted by Gasteiger charge is -2.26. The average molecular weight is 1170 g/mol. The number of pyridine rings is 3. The Kier molecular flexibility index (Phi) is 17.5. The van der Waals surface area contributed by atoms with Crippen molar-refractivity contribution in [2.75, 3.05) is 62.0 Å². The molecule has 0 radical (unpaired) electrons. The van der Waals surface area contributed by atoms with Gasteiger partial charge in [-0.05, 0) is 113 Å². The van der Waals surface area contributed by atoms with Gasteiger partial charge in [-0.25, -0.2) is 59.2 Å². The van der Waals surface area contributed by atoms with Crippen LogP contribution in [0.1, 0.15) is 125 Å². The fraction of sp³-hybridized carbons (Fsp3) is 0.364. The first kappa shape index (κ1) is 58.2. The van der Waals surface area contributed by atoms with Gasteiger partial charge in [-0.15, -0.1) is 0 Å². The lowest BCUT2D eigenvalue weighted by Crippen LogP contribution is -2.37. The highest BCUT2D eigenvalue weighted by atomic mass is 16.5. The first-order valence-corrected chi connectivity index (χ1v) is 30.1. The molecule has 1 aliphatic heterocycles. The third-order valence-corrected chi connectivity index (χ3v) is 16.0. The third kappa shape index (κ3) is 14.2. The Morgan fingerprint density at radius 3 is 1.38 bits per heavy atom. The van der Waals surface area contributed by atoms with Crippen molar-refractivity contribution in [3.63, 3.8) is 0 Å². The maximum absolute atomic E-state index is 11.4. The first-order chi connectivity index (χ1) is 42.4.